The third kappa shape index (κ3) is 8.56. The Hall–Kier alpha value is -4.63. The Labute approximate surface area is 340 Å². The largest absolute Gasteiger partial charge is 0.459 e. The number of allylic oxidation sites excluding steroid dienone is 1. The Balaban J connectivity index is 1.41. The van der Waals surface area contributed by atoms with Crippen LogP contribution in [-0.4, -0.2) is 97.8 Å². The van der Waals surface area contributed by atoms with Crippen molar-refractivity contribution in [3.8, 4) is 23.0 Å². The maximum atomic E-state index is 14.7. The van der Waals surface area contributed by atoms with Crippen molar-refractivity contribution < 1.29 is 53.1 Å². The van der Waals surface area contributed by atoms with Crippen LogP contribution in [0.25, 0.3) is 0 Å². The zero-order chi connectivity index (χ0) is 40.6. The number of nitrogens with one attached hydrogen (secondary N) is 1. The van der Waals surface area contributed by atoms with Crippen LogP contribution in [0.3, 0.4) is 0 Å². The van der Waals surface area contributed by atoms with Gasteiger partial charge in [0, 0.05) is 56.7 Å². The van der Waals surface area contributed by atoms with Crippen molar-refractivity contribution in [2.24, 2.45) is 22.9 Å². The van der Waals surface area contributed by atoms with E-state index in [-0.39, 0.29) is 56.7 Å². The zero-order valence-corrected chi connectivity index (χ0v) is 33.6. The highest BCUT2D eigenvalue weighted by atomic mass is 16.8. The summed E-state index contributed by atoms with van der Waals surface area (Å²) >= 11 is 0. The first-order chi connectivity index (χ1) is 28.3. The summed E-state index contributed by atoms with van der Waals surface area (Å²) in [5, 5.41) is 27.3. The monoisotopic (exact) mass is 803 g/mol. The number of ether oxygens (including phenoxy) is 6. The number of carbonyl (C=O) groups is 2. The van der Waals surface area contributed by atoms with Gasteiger partial charge in [0.15, 0.2) is 11.5 Å². The maximum absolute atomic E-state index is 14.7. The number of aliphatic hydroxyl groups is 2. The number of fused-ring (bicyclic) bond motifs is 3. The number of rotatable bonds is 17. The molecular formula is C44H57N3O11. The summed E-state index contributed by atoms with van der Waals surface area (Å²) in [6, 6.07) is 9.82. The smallest absolute Gasteiger partial charge is 0.412 e. The van der Waals surface area contributed by atoms with Gasteiger partial charge in [-0.15, -0.1) is 6.58 Å². The van der Waals surface area contributed by atoms with Gasteiger partial charge in [0.2, 0.25) is 18.9 Å². The molecule has 58 heavy (non-hydrogen) atoms. The van der Waals surface area contributed by atoms with Gasteiger partial charge in [0.05, 0.1) is 24.8 Å². The summed E-state index contributed by atoms with van der Waals surface area (Å²) in [7, 11) is 1.75. The van der Waals surface area contributed by atoms with Gasteiger partial charge in [-0.25, -0.2) is 4.79 Å². The molecule has 2 aromatic carbocycles. The second-order valence-electron chi connectivity index (χ2n) is 15.6. The number of nitrogens with zero attached hydrogens (tertiary/aromatic N) is 2. The van der Waals surface area contributed by atoms with E-state index in [9.17, 15) is 19.8 Å². The normalized spacial score (nSPS) is 27.4. The summed E-state index contributed by atoms with van der Waals surface area (Å²) in [6.07, 6.45) is 10.2. The molecule has 1 saturated carbocycles. The Morgan fingerprint density at radius 3 is 2.59 bits per heavy atom. The molecule has 1 saturated heterocycles. The third-order valence-electron chi connectivity index (χ3n) is 12.0. The average molecular weight is 804 g/mol. The van der Waals surface area contributed by atoms with Crippen LogP contribution in [0, 0.1) is 17.8 Å². The van der Waals surface area contributed by atoms with Gasteiger partial charge in [-0.05, 0) is 99.3 Å². The lowest BCUT2D eigenvalue weighted by Crippen LogP contribution is -2.69. The molecule has 0 radical (unpaired) electrons. The van der Waals surface area contributed by atoms with Crippen LogP contribution in [0.4, 0.5) is 4.79 Å². The fourth-order valence-corrected chi connectivity index (χ4v) is 9.37. The Bertz CT molecular complexity index is 1840. The van der Waals surface area contributed by atoms with Gasteiger partial charge in [0.25, 0.3) is 5.91 Å². The number of hydrogen-bond acceptors (Lipinski definition) is 12. The number of benzene rings is 2. The summed E-state index contributed by atoms with van der Waals surface area (Å²) in [4.78, 5) is 35.2. The quantitative estimate of drug-likeness (QED) is 0.0913. The van der Waals surface area contributed by atoms with Crippen LogP contribution >= 0.6 is 0 Å². The van der Waals surface area contributed by atoms with Gasteiger partial charge in [0.1, 0.15) is 17.5 Å². The predicted molar refractivity (Wildman–Crippen MR) is 214 cm³/mol. The van der Waals surface area contributed by atoms with Crippen molar-refractivity contribution in [1.82, 2.24) is 10.2 Å². The standard InChI is InChI=1S/C44H57N3O11/c1-4-21-55-44-38(47(3)42(50)29-15-17-36-37(24-29)54-27-53-36)26-34(46-58-39-14-8-11-22-52-39)32-23-28(12-6-9-19-48)31(13-7-10-20-49)40(41(32)44)33-25-30(16-18-35(33)57-44)56-43(51)45-5-2/h4,15-18,23-25,28,31,38-41,48-49H,1,5-14,19-22,26-27H2,2-3H3,(H,45,51)/t28-,31+,38-,39?,40+,41+,44+/m0/s1. The van der Waals surface area contributed by atoms with Crippen LogP contribution in [0.1, 0.15) is 93.0 Å². The Morgan fingerprint density at radius 2 is 1.83 bits per heavy atom. The lowest BCUT2D eigenvalue weighted by Gasteiger charge is -2.59. The van der Waals surface area contributed by atoms with Gasteiger partial charge in [-0.3, -0.25) is 4.79 Å². The van der Waals surface area contributed by atoms with Gasteiger partial charge >= 0.3 is 6.09 Å². The molecule has 5 aliphatic rings. The van der Waals surface area contributed by atoms with Crippen LogP contribution < -0.4 is 24.3 Å². The highest BCUT2D eigenvalue weighted by Gasteiger charge is 2.65. The molecule has 0 spiro atoms. The van der Waals surface area contributed by atoms with Crippen molar-refractivity contribution in [2.75, 3.05) is 46.8 Å². The molecule has 14 nitrogen and oxygen atoms in total. The molecule has 2 aromatic rings. The molecule has 1 unspecified atom stereocenters. The number of carbonyl (C=O) groups excluding carboxylic acids is 2. The molecule has 3 N–H and O–H groups in total. The first-order valence-electron chi connectivity index (χ1n) is 20.8. The highest BCUT2D eigenvalue weighted by Crippen LogP contribution is 2.62. The van der Waals surface area contributed by atoms with Crippen LogP contribution in [0.15, 0.2) is 65.9 Å². The lowest BCUT2D eigenvalue weighted by atomic mass is 9.55. The maximum Gasteiger partial charge on any atom is 0.412 e. The summed E-state index contributed by atoms with van der Waals surface area (Å²) in [5.41, 5.74) is 2.82. The minimum atomic E-state index is -1.44. The van der Waals surface area contributed by atoms with E-state index in [1.807, 2.05) is 19.1 Å². The van der Waals surface area contributed by atoms with Crippen molar-refractivity contribution in [3.63, 3.8) is 0 Å². The molecule has 2 aliphatic carbocycles. The molecule has 3 heterocycles. The van der Waals surface area contributed by atoms with Crippen molar-refractivity contribution in [1.29, 1.82) is 0 Å². The molecule has 14 heteroatoms. The first-order valence-corrected chi connectivity index (χ1v) is 20.8. The summed E-state index contributed by atoms with van der Waals surface area (Å²) < 4.78 is 37.1. The molecule has 0 aromatic heterocycles. The number of amides is 2. The van der Waals surface area contributed by atoms with E-state index in [2.05, 4.69) is 18.0 Å². The Kier molecular flexibility index (Phi) is 13.6. The minimum Gasteiger partial charge on any atom is -0.459 e. The van der Waals surface area contributed by atoms with Gasteiger partial charge in [-0.1, -0.05) is 30.1 Å². The van der Waals surface area contributed by atoms with E-state index < -0.39 is 30.1 Å². The first kappa shape index (κ1) is 41.5. The van der Waals surface area contributed by atoms with Crippen LogP contribution in [0.5, 0.6) is 23.0 Å². The van der Waals surface area contributed by atoms with Crippen molar-refractivity contribution >= 4 is 17.7 Å². The fraction of sp³-hybridized carbons (Fsp3) is 0.568. The number of hydrogen-bond donors (Lipinski definition) is 3. The summed E-state index contributed by atoms with van der Waals surface area (Å²) in [6.45, 7) is 7.18. The summed E-state index contributed by atoms with van der Waals surface area (Å²) in [5.74, 6) is -0.487. The van der Waals surface area contributed by atoms with Gasteiger partial charge in [-0.2, -0.15) is 0 Å². The Morgan fingerprint density at radius 1 is 1.03 bits per heavy atom. The molecule has 2 fully saturated rings. The van der Waals surface area contributed by atoms with Crippen LogP contribution in [-0.2, 0) is 14.3 Å². The number of aliphatic hydroxyl groups excluding tert-OH is 2. The molecule has 3 aliphatic heterocycles. The van der Waals surface area contributed by atoms with Crippen LogP contribution in [0.2, 0.25) is 0 Å². The molecule has 7 atom stereocenters. The number of unbranched alkanes of at least 4 members (excludes halogenated alkanes) is 2. The molecule has 7 rings (SSSR count). The zero-order valence-electron chi connectivity index (χ0n) is 33.6. The van der Waals surface area contributed by atoms with E-state index in [0.29, 0.717) is 66.7 Å². The average Bonchev–Trinajstić information content (AvgIpc) is 3.72. The molecule has 314 valence electrons. The van der Waals surface area contributed by atoms with Crippen molar-refractivity contribution in [2.45, 2.75) is 95.2 Å². The third-order valence-corrected chi connectivity index (χ3v) is 12.0. The van der Waals surface area contributed by atoms with E-state index in [0.717, 1.165) is 49.7 Å². The lowest BCUT2D eigenvalue weighted by molar-refractivity contribution is -0.252. The van der Waals surface area contributed by atoms with Gasteiger partial charge < -0.3 is 53.7 Å². The minimum absolute atomic E-state index is 0.00512. The van der Waals surface area contributed by atoms with E-state index in [1.54, 1.807) is 42.3 Å². The number of likely N-dealkylation sites (N-methyl/N-ethyl adjacent to an activating group) is 1. The number of oxime groups is 1. The topological polar surface area (TPSA) is 167 Å². The molecular weight excluding hydrogens is 746 g/mol. The fourth-order valence-electron chi connectivity index (χ4n) is 9.37. The van der Waals surface area contributed by atoms with Crippen molar-refractivity contribution in [3.05, 3.63) is 71.8 Å². The molecule has 2 amide bonds. The van der Waals surface area contributed by atoms with E-state index in [4.69, 9.17) is 38.4 Å². The highest BCUT2D eigenvalue weighted by molar-refractivity contribution is 6.03. The van der Waals surface area contributed by atoms with E-state index >= 15 is 0 Å². The second kappa shape index (κ2) is 19.0. The molecule has 0 bridgehead atoms. The SMILES string of the molecule is C=CCO[C@@]12Oc3ccc(OC(=O)NCC)cc3[C@H]3[C@H](CCCCO)[C@@H](CCCCO)C=C(C(=NOC4CCCCO4)C[C@@H]1N(C)C(=O)c1ccc4c(c1)OCO4)[C@H]32. The van der Waals surface area contributed by atoms with E-state index in [1.165, 1.54) is 0 Å². The predicted octanol–water partition coefficient (Wildman–Crippen LogP) is 6.46. The second-order valence-corrected chi connectivity index (χ2v) is 15.6.